The van der Waals surface area contributed by atoms with E-state index in [9.17, 15) is 9.18 Å². The van der Waals surface area contributed by atoms with E-state index in [0.29, 0.717) is 18.8 Å². The summed E-state index contributed by atoms with van der Waals surface area (Å²) < 4.78 is 13.4. The van der Waals surface area contributed by atoms with Crippen LogP contribution in [0.2, 0.25) is 0 Å². The molecule has 2 aromatic carbocycles. The lowest BCUT2D eigenvalue weighted by Gasteiger charge is -2.32. The zero-order valence-electron chi connectivity index (χ0n) is 16.4. The molecule has 148 valence electrons. The summed E-state index contributed by atoms with van der Waals surface area (Å²) in [5, 5.41) is 0. The molecule has 0 atom stereocenters. The summed E-state index contributed by atoms with van der Waals surface area (Å²) in [5.41, 5.74) is 4.02. The summed E-state index contributed by atoms with van der Waals surface area (Å²) in [6.45, 7) is 1.54. The highest BCUT2D eigenvalue weighted by Gasteiger charge is 2.24. The van der Waals surface area contributed by atoms with Crippen molar-refractivity contribution in [2.24, 2.45) is 0 Å². The van der Waals surface area contributed by atoms with Crippen molar-refractivity contribution >= 4 is 5.91 Å². The number of carbonyl (C=O) groups excluding carboxylic acids is 1. The van der Waals surface area contributed by atoms with Gasteiger partial charge in [-0.1, -0.05) is 48.5 Å². The van der Waals surface area contributed by atoms with Gasteiger partial charge in [0.25, 0.3) is 0 Å². The number of benzene rings is 2. The maximum absolute atomic E-state index is 13.4. The second-order valence-corrected chi connectivity index (χ2v) is 7.68. The summed E-state index contributed by atoms with van der Waals surface area (Å²) in [6, 6.07) is 22.7. The molecule has 29 heavy (non-hydrogen) atoms. The van der Waals surface area contributed by atoms with Crippen LogP contribution in [0.5, 0.6) is 0 Å². The first kappa shape index (κ1) is 19.3. The first-order valence-electron chi connectivity index (χ1n) is 10.2. The third-order valence-corrected chi connectivity index (χ3v) is 5.57. The second kappa shape index (κ2) is 8.99. The number of likely N-dealkylation sites (tertiary alicyclic amines) is 1. The maximum atomic E-state index is 13.4. The van der Waals surface area contributed by atoms with E-state index >= 15 is 0 Å². The van der Waals surface area contributed by atoms with Crippen LogP contribution in [0.3, 0.4) is 0 Å². The number of aromatic nitrogens is 1. The quantitative estimate of drug-likeness (QED) is 0.631. The fourth-order valence-corrected chi connectivity index (χ4v) is 3.99. The molecular formula is C25H25FN2O. The Bertz CT molecular complexity index is 965. The number of hydrogen-bond acceptors (Lipinski definition) is 2. The zero-order chi connectivity index (χ0) is 20.1. The SMILES string of the molecule is O=C(Cc1ccccc1)N1CCC(c2cccc(Cc3cccc(F)c3)n2)CC1. The molecule has 0 radical (unpaired) electrons. The highest BCUT2D eigenvalue weighted by Crippen LogP contribution is 2.27. The third kappa shape index (κ3) is 5.08. The predicted molar refractivity (Wildman–Crippen MR) is 112 cm³/mol. The molecule has 2 heterocycles. The number of carbonyl (C=O) groups is 1. The molecule has 1 aliphatic rings. The van der Waals surface area contributed by atoms with Crippen LogP contribution in [-0.4, -0.2) is 28.9 Å². The first-order chi connectivity index (χ1) is 14.2. The van der Waals surface area contributed by atoms with Crippen molar-refractivity contribution in [1.82, 2.24) is 9.88 Å². The van der Waals surface area contributed by atoms with Crippen LogP contribution in [-0.2, 0) is 17.6 Å². The van der Waals surface area contributed by atoms with E-state index in [1.165, 1.54) is 6.07 Å². The lowest BCUT2D eigenvalue weighted by atomic mass is 9.92. The van der Waals surface area contributed by atoms with E-state index in [2.05, 4.69) is 6.07 Å². The molecule has 1 aliphatic heterocycles. The minimum Gasteiger partial charge on any atom is -0.342 e. The molecular weight excluding hydrogens is 363 g/mol. The van der Waals surface area contributed by atoms with Crippen LogP contribution in [0.25, 0.3) is 0 Å². The highest BCUT2D eigenvalue weighted by molar-refractivity contribution is 5.78. The summed E-state index contributed by atoms with van der Waals surface area (Å²) in [6.07, 6.45) is 2.95. The van der Waals surface area contributed by atoms with Gasteiger partial charge < -0.3 is 4.90 Å². The average molecular weight is 388 g/mol. The molecule has 0 saturated carbocycles. The molecule has 0 unspecified atom stereocenters. The Kier molecular flexibility index (Phi) is 5.99. The molecule has 0 aliphatic carbocycles. The van der Waals surface area contributed by atoms with E-state index in [4.69, 9.17) is 4.98 Å². The van der Waals surface area contributed by atoms with Crippen LogP contribution in [0.15, 0.2) is 72.8 Å². The molecule has 0 bridgehead atoms. The van der Waals surface area contributed by atoms with E-state index in [1.807, 2.05) is 53.4 Å². The van der Waals surface area contributed by atoms with E-state index in [1.54, 1.807) is 12.1 Å². The zero-order valence-corrected chi connectivity index (χ0v) is 16.4. The van der Waals surface area contributed by atoms with Gasteiger partial charge in [-0.2, -0.15) is 0 Å². The van der Waals surface area contributed by atoms with E-state index in [0.717, 1.165) is 48.4 Å². The average Bonchev–Trinajstić information content (AvgIpc) is 2.75. The Balaban J connectivity index is 1.35. The number of halogens is 1. The van der Waals surface area contributed by atoms with Crippen molar-refractivity contribution in [3.63, 3.8) is 0 Å². The smallest absolute Gasteiger partial charge is 0.226 e. The van der Waals surface area contributed by atoms with Crippen LogP contribution >= 0.6 is 0 Å². The number of piperidine rings is 1. The Morgan fingerprint density at radius 1 is 0.931 bits per heavy atom. The number of hydrogen-bond donors (Lipinski definition) is 0. The number of rotatable bonds is 5. The molecule has 4 rings (SSSR count). The molecule has 4 heteroatoms. The highest BCUT2D eigenvalue weighted by atomic mass is 19.1. The Morgan fingerprint density at radius 2 is 1.66 bits per heavy atom. The van der Waals surface area contributed by atoms with E-state index < -0.39 is 0 Å². The van der Waals surface area contributed by atoms with Gasteiger partial charge in [0, 0.05) is 36.8 Å². The van der Waals surface area contributed by atoms with Crippen molar-refractivity contribution in [3.8, 4) is 0 Å². The first-order valence-corrected chi connectivity index (χ1v) is 10.2. The van der Waals surface area contributed by atoms with Crippen molar-refractivity contribution in [3.05, 3.63) is 101 Å². The Hall–Kier alpha value is -3.01. The number of amides is 1. The molecule has 0 spiro atoms. The largest absolute Gasteiger partial charge is 0.342 e. The van der Waals surface area contributed by atoms with Crippen LogP contribution in [0.4, 0.5) is 4.39 Å². The van der Waals surface area contributed by atoms with Crippen LogP contribution in [0.1, 0.15) is 41.3 Å². The van der Waals surface area contributed by atoms with Gasteiger partial charge in [-0.05, 0) is 48.2 Å². The molecule has 1 aromatic heterocycles. The maximum Gasteiger partial charge on any atom is 0.226 e. The predicted octanol–water partition coefficient (Wildman–Crippen LogP) is 4.76. The molecule has 0 N–H and O–H groups in total. The summed E-state index contributed by atoms with van der Waals surface area (Å²) in [4.78, 5) is 19.4. The second-order valence-electron chi connectivity index (χ2n) is 7.68. The van der Waals surface area contributed by atoms with Crippen LogP contribution < -0.4 is 0 Å². The lowest BCUT2D eigenvalue weighted by molar-refractivity contribution is -0.131. The number of pyridine rings is 1. The van der Waals surface area contributed by atoms with E-state index in [-0.39, 0.29) is 11.7 Å². The Labute approximate surface area is 171 Å². The normalized spacial score (nSPS) is 14.7. The fraction of sp³-hybridized carbons (Fsp3) is 0.280. The molecule has 1 fully saturated rings. The van der Waals surface area contributed by atoms with Gasteiger partial charge in [0.15, 0.2) is 0 Å². The lowest BCUT2D eigenvalue weighted by Crippen LogP contribution is -2.38. The van der Waals surface area contributed by atoms with Gasteiger partial charge in [-0.15, -0.1) is 0 Å². The van der Waals surface area contributed by atoms with Crippen molar-refractivity contribution in [2.75, 3.05) is 13.1 Å². The van der Waals surface area contributed by atoms with Gasteiger partial charge >= 0.3 is 0 Å². The topological polar surface area (TPSA) is 33.2 Å². The van der Waals surface area contributed by atoms with Gasteiger partial charge in [0.2, 0.25) is 5.91 Å². The fourth-order valence-electron chi connectivity index (χ4n) is 3.99. The summed E-state index contributed by atoms with van der Waals surface area (Å²) >= 11 is 0. The molecule has 1 amide bonds. The number of nitrogens with zero attached hydrogens (tertiary/aromatic N) is 2. The van der Waals surface area contributed by atoms with Crippen molar-refractivity contribution in [2.45, 2.75) is 31.6 Å². The molecule has 3 nitrogen and oxygen atoms in total. The van der Waals surface area contributed by atoms with Gasteiger partial charge in [-0.25, -0.2) is 4.39 Å². The van der Waals surface area contributed by atoms with Gasteiger partial charge in [-0.3, -0.25) is 9.78 Å². The monoisotopic (exact) mass is 388 g/mol. The van der Waals surface area contributed by atoms with Crippen LogP contribution in [0, 0.1) is 5.82 Å². The van der Waals surface area contributed by atoms with Crippen molar-refractivity contribution < 1.29 is 9.18 Å². The third-order valence-electron chi connectivity index (χ3n) is 5.57. The minimum atomic E-state index is -0.216. The standard InChI is InChI=1S/C25H25FN2O/c26-22-9-4-8-20(16-22)17-23-10-5-11-24(27-23)21-12-14-28(15-13-21)25(29)18-19-6-2-1-3-7-19/h1-11,16,21H,12-15,17-18H2. The molecule has 3 aromatic rings. The van der Waals surface area contributed by atoms with Gasteiger partial charge in [0.05, 0.1) is 6.42 Å². The summed E-state index contributed by atoms with van der Waals surface area (Å²) in [7, 11) is 0. The Morgan fingerprint density at radius 3 is 2.41 bits per heavy atom. The van der Waals surface area contributed by atoms with Crippen molar-refractivity contribution in [1.29, 1.82) is 0 Å². The van der Waals surface area contributed by atoms with Gasteiger partial charge in [0.1, 0.15) is 5.82 Å². The molecule has 1 saturated heterocycles. The minimum absolute atomic E-state index is 0.197. The summed E-state index contributed by atoms with van der Waals surface area (Å²) in [5.74, 6) is 0.344.